The molecule has 2 heterocycles. The molecule has 1 aliphatic rings. The van der Waals surface area contributed by atoms with Gasteiger partial charge >= 0.3 is 0 Å². The van der Waals surface area contributed by atoms with Crippen LogP contribution in [0.1, 0.15) is 28.8 Å². The highest BCUT2D eigenvalue weighted by Crippen LogP contribution is 2.23. The lowest BCUT2D eigenvalue weighted by molar-refractivity contribution is -0.125. The van der Waals surface area contributed by atoms with Crippen LogP contribution < -0.4 is 15.5 Å². The molecular weight excluding hydrogens is 443 g/mol. The average molecular weight is 467 g/mol. The van der Waals surface area contributed by atoms with Crippen molar-refractivity contribution in [3.05, 3.63) is 88.8 Å². The van der Waals surface area contributed by atoms with Gasteiger partial charge < -0.3 is 15.5 Å². The maximum atomic E-state index is 13.8. The van der Waals surface area contributed by atoms with Crippen molar-refractivity contribution in [2.45, 2.75) is 19.4 Å². The van der Waals surface area contributed by atoms with Crippen LogP contribution in [0.4, 0.5) is 15.9 Å². The van der Waals surface area contributed by atoms with Crippen LogP contribution >= 0.6 is 11.6 Å². The molecule has 4 rings (SSSR count). The molecule has 2 amide bonds. The van der Waals surface area contributed by atoms with Crippen molar-refractivity contribution in [2.75, 3.05) is 23.3 Å². The number of carbonyl (C=O) groups is 2. The first-order valence-corrected chi connectivity index (χ1v) is 11.2. The van der Waals surface area contributed by atoms with Crippen molar-refractivity contribution in [1.82, 2.24) is 10.3 Å². The van der Waals surface area contributed by atoms with E-state index in [-0.39, 0.29) is 17.5 Å². The van der Waals surface area contributed by atoms with Crippen molar-refractivity contribution >= 4 is 34.9 Å². The normalized spacial score (nSPS) is 14.1. The molecule has 0 radical (unpaired) electrons. The van der Waals surface area contributed by atoms with E-state index in [2.05, 4.69) is 20.5 Å². The smallest absolute Gasteiger partial charge is 0.255 e. The summed E-state index contributed by atoms with van der Waals surface area (Å²) in [6.45, 7) is 1.78. The predicted octanol–water partition coefficient (Wildman–Crippen LogP) is 4.66. The molecule has 0 bridgehead atoms. The summed E-state index contributed by atoms with van der Waals surface area (Å²) >= 11 is 5.90. The number of carbonyl (C=O) groups excluding carboxylic acids is 2. The van der Waals surface area contributed by atoms with Gasteiger partial charge in [0.1, 0.15) is 11.6 Å². The van der Waals surface area contributed by atoms with Crippen LogP contribution in [0.2, 0.25) is 5.02 Å². The second-order valence-electron chi connectivity index (χ2n) is 7.94. The molecule has 33 heavy (non-hydrogen) atoms. The fraction of sp³-hybridized carbons (Fsp3) is 0.240. The van der Waals surface area contributed by atoms with E-state index in [1.807, 2.05) is 12.1 Å². The third-order valence-electron chi connectivity index (χ3n) is 5.70. The predicted molar refractivity (Wildman–Crippen MR) is 127 cm³/mol. The largest absolute Gasteiger partial charge is 0.357 e. The molecule has 2 N–H and O–H groups in total. The first-order chi connectivity index (χ1) is 16.0. The molecule has 1 aromatic heterocycles. The van der Waals surface area contributed by atoms with Gasteiger partial charge in [-0.3, -0.25) is 9.59 Å². The average Bonchev–Trinajstić information content (AvgIpc) is 2.85. The maximum Gasteiger partial charge on any atom is 0.255 e. The topological polar surface area (TPSA) is 74.3 Å². The molecule has 0 aliphatic carbocycles. The van der Waals surface area contributed by atoms with Gasteiger partial charge in [-0.15, -0.1) is 0 Å². The van der Waals surface area contributed by atoms with Gasteiger partial charge in [0.15, 0.2) is 0 Å². The minimum Gasteiger partial charge on any atom is -0.357 e. The summed E-state index contributed by atoms with van der Waals surface area (Å²) < 4.78 is 13.8. The van der Waals surface area contributed by atoms with E-state index in [9.17, 15) is 14.0 Å². The van der Waals surface area contributed by atoms with E-state index < -0.39 is 11.7 Å². The molecule has 0 saturated carbocycles. The number of para-hydroxylation sites is 1. The quantitative estimate of drug-likeness (QED) is 0.554. The summed E-state index contributed by atoms with van der Waals surface area (Å²) in [4.78, 5) is 31.6. The molecule has 0 spiro atoms. The SMILES string of the molecule is O=C(Nc1ccccc1F)c1ccnc(N2CCC(C(=O)NCc3ccc(Cl)cc3)CC2)c1. The Morgan fingerprint density at radius 2 is 1.79 bits per heavy atom. The van der Waals surface area contributed by atoms with Crippen molar-refractivity contribution in [2.24, 2.45) is 5.92 Å². The monoisotopic (exact) mass is 466 g/mol. The number of aromatic nitrogens is 1. The Labute approximate surface area is 196 Å². The number of nitrogens with zero attached hydrogens (tertiary/aromatic N) is 2. The number of rotatable bonds is 6. The van der Waals surface area contributed by atoms with Gasteiger partial charge in [0, 0.05) is 42.3 Å². The minimum atomic E-state index is -0.489. The van der Waals surface area contributed by atoms with Crippen molar-refractivity contribution in [3.63, 3.8) is 0 Å². The van der Waals surface area contributed by atoms with Crippen molar-refractivity contribution in [1.29, 1.82) is 0 Å². The molecule has 2 aromatic carbocycles. The maximum absolute atomic E-state index is 13.8. The lowest BCUT2D eigenvalue weighted by Crippen LogP contribution is -2.40. The van der Waals surface area contributed by atoms with Crippen LogP contribution in [0, 0.1) is 11.7 Å². The first-order valence-electron chi connectivity index (χ1n) is 10.8. The van der Waals surface area contributed by atoms with E-state index in [1.165, 1.54) is 12.1 Å². The molecular formula is C25H24ClFN4O2. The van der Waals surface area contributed by atoms with Gasteiger partial charge in [0.2, 0.25) is 5.91 Å². The van der Waals surface area contributed by atoms with Gasteiger partial charge in [-0.1, -0.05) is 35.9 Å². The van der Waals surface area contributed by atoms with Crippen LogP contribution in [0.3, 0.4) is 0 Å². The molecule has 0 atom stereocenters. The van der Waals surface area contributed by atoms with Gasteiger partial charge in [-0.25, -0.2) is 9.37 Å². The molecule has 6 nitrogen and oxygen atoms in total. The molecule has 8 heteroatoms. The minimum absolute atomic E-state index is 0.0376. The van der Waals surface area contributed by atoms with Crippen LogP contribution in [0.15, 0.2) is 66.9 Å². The Kier molecular flexibility index (Phi) is 7.19. The summed E-state index contributed by atoms with van der Waals surface area (Å²) in [6, 6.07) is 16.7. The zero-order chi connectivity index (χ0) is 23.2. The Morgan fingerprint density at radius 3 is 2.52 bits per heavy atom. The van der Waals surface area contributed by atoms with Crippen LogP contribution in [-0.2, 0) is 11.3 Å². The fourth-order valence-corrected chi connectivity index (χ4v) is 3.92. The first kappa shape index (κ1) is 22.7. The van der Waals surface area contributed by atoms with E-state index in [4.69, 9.17) is 11.6 Å². The van der Waals surface area contributed by atoms with Crippen molar-refractivity contribution in [3.8, 4) is 0 Å². The Bertz CT molecular complexity index is 1130. The number of pyridine rings is 1. The number of amides is 2. The highest BCUT2D eigenvalue weighted by atomic mass is 35.5. The molecule has 3 aromatic rings. The van der Waals surface area contributed by atoms with Crippen LogP contribution in [-0.4, -0.2) is 29.9 Å². The highest BCUT2D eigenvalue weighted by molar-refractivity contribution is 6.30. The molecule has 1 saturated heterocycles. The Morgan fingerprint density at radius 1 is 1.06 bits per heavy atom. The van der Waals surface area contributed by atoms with E-state index >= 15 is 0 Å². The molecule has 170 valence electrons. The van der Waals surface area contributed by atoms with E-state index in [0.29, 0.717) is 48.9 Å². The number of hydrogen-bond acceptors (Lipinski definition) is 4. The standard InChI is InChI=1S/C25H24ClFN4O2/c26-20-7-5-17(6-8-20)16-29-24(32)18-10-13-31(14-11-18)23-15-19(9-12-28-23)25(33)30-22-4-2-1-3-21(22)27/h1-9,12,15,18H,10-11,13-14,16H2,(H,29,32)(H,30,33). The lowest BCUT2D eigenvalue weighted by atomic mass is 9.95. The van der Waals surface area contributed by atoms with E-state index in [1.54, 1.807) is 42.6 Å². The molecule has 1 fully saturated rings. The number of hydrogen-bond donors (Lipinski definition) is 2. The summed E-state index contributed by atoms with van der Waals surface area (Å²) in [6.07, 6.45) is 2.95. The third-order valence-corrected chi connectivity index (χ3v) is 5.95. The van der Waals surface area contributed by atoms with Gasteiger partial charge in [0.05, 0.1) is 5.69 Å². The zero-order valence-corrected chi connectivity index (χ0v) is 18.7. The number of piperidine rings is 1. The molecule has 0 unspecified atom stereocenters. The van der Waals surface area contributed by atoms with Gasteiger partial charge in [0.25, 0.3) is 5.91 Å². The second kappa shape index (κ2) is 10.4. The van der Waals surface area contributed by atoms with Crippen LogP contribution in [0.25, 0.3) is 0 Å². The Balaban J connectivity index is 1.31. The lowest BCUT2D eigenvalue weighted by Gasteiger charge is -2.32. The summed E-state index contributed by atoms with van der Waals surface area (Å²) in [5, 5.41) is 6.25. The summed E-state index contributed by atoms with van der Waals surface area (Å²) in [5.74, 6) is -0.260. The van der Waals surface area contributed by atoms with Crippen LogP contribution in [0.5, 0.6) is 0 Å². The number of anilines is 2. The highest BCUT2D eigenvalue weighted by Gasteiger charge is 2.26. The number of benzene rings is 2. The second-order valence-corrected chi connectivity index (χ2v) is 8.38. The van der Waals surface area contributed by atoms with Gasteiger partial charge in [-0.2, -0.15) is 0 Å². The third kappa shape index (κ3) is 5.87. The number of halogens is 2. The Hall–Kier alpha value is -3.45. The van der Waals surface area contributed by atoms with Crippen molar-refractivity contribution < 1.29 is 14.0 Å². The van der Waals surface area contributed by atoms with E-state index in [0.717, 1.165) is 5.56 Å². The molecule has 1 aliphatic heterocycles. The fourth-order valence-electron chi connectivity index (χ4n) is 3.80. The summed E-state index contributed by atoms with van der Waals surface area (Å²) in [5.41, 5.74) is 1.53. The van der Waals surface area contributed by atoms with Gasteiger partial charge in [-0.05, 0) is 54.8 Å². The summed E-state index contributed by atoms with van der Waals surface area (Å²) in [7, 11) is 0. The number of nitrogens with one attached hydrogen (secondary N) is 2. The zero-order valence-electron chi connectivity index (χ0n) is 17.9.